The predicted molar refractivity (Wildman–Crippen MR) is 83.2 cm³/mol. The van der Waals surface area contributed by atoms with Gasteiger partial charge in [-0.2, -0.15) is 0 Å². The van der Waals surface area contributed by atoms with Crippen molar-refractivity contribution in [2.45, 2.75) is 32.7 Å². The van der Waals surface area contributed by atoms with Gasteiger partial charge in [0.05, 0.1) is 6.20 Å². The molecule has 0 unspecified atom stereocenters. The zero-order chi connectivity index (χ0) is 15.3. The summed E-state index contributed by atoms with van der Waals surface area (Å²) in [4.78, 5) is 24.7. The Hall–Kier alpha value is -1.69. The summed E-state index contributed by atoms with van der Waals surface area (Å²) in [6.07, 6.45) is 5.70. The van der Waals surface area contributed by atoms with Crippen LogP contribution in [0.1, 0.15) is 27.2 Å². The van der Waals surface area contributed by atoms with Gasteiger partial charge in [-0.15, -0.1) is 0 Å². The minimum absolute atomic E-state index is 0.0605. The van der Waals surface area contributed by atoms with Gasteiger partial charge >= 0.3 is 0 Å². The van der Waals surface area contributed by atoms with Gasteiger partial charge in [-0.3, -0.25) is 9.78 Å². The number of amides is 1. The maximum atomic E-state index is 12.2. The number of rotatable bonds is 4. The minimum Gasteiger partial charge on any atom is -0.352 e. The fraction of sp³-hybridized carbons (Fsp3) is 0.667. The first-order valence-electron chi connectivity index (χ1n) is 7.49. The maximum absolute atomic E-state index is 12.2. The molecule has 21 heavy (non-hydrogen) atoms. The van der Waals surface area contributed by atoms with Crippen LogP contribution in [0.3, 0.4) is 0 Å². The van der Waals surface area contributed by atoms with Gasteiger partial charge in [-0.1, -0.05) is 0 Å². The molecule has 0 radical (unpaired) electrons. The fourth-order valence-corrected chi connectivity index (χ4v) is 2.34. The van der Waals surface area contributed by atoms with Crippen LogP contribution in [0.15, 0.2) is 18.6 Å². The highest BCUT2D eigenvalue weighted by atomic mass is 16.2. The first-order valence-corrected chi connectivity index (χ1v) is 7.49. The third-order valence-corrected chi connectivity index (χ3v) is 3.50. The van der Waals surface area contributed by atoms with Crippen molar-refractivity contribution in [1.82, 2.24) is 20.2 Å². The van der Waals surface area contributed by atoms with Crippen molar-refractivity contribution in [2.75, 3.05) is 37.6 Å². The molecule has 0 bridgehead atoms. The van der Waals surface area contributed by atoms with Gasteiger partial charge in [0, 0.05) is 57.1 Å². The summed E-state index contributed by atoms with van der Waals surface area (Å²) in [7, 11) is 0. The molecule has 2 rings (SSSR count). The fourth-order valence-electron chi connectivity index (χ4n) is 2.34. The van der Waals surface area contributed by atoms with E-state index >= 15 is 0 Å². The van der Waals surface area contributed by atoms with Crippen LogP contribution in [-0.4, -0.2) is 59.0 Å². The van der Waals surface area contributed by atoms with Crippen LogP contribution in [0.2, 0.25) is 0 Å². The number of hydrogen-bond donors (Lipinski definition) is 1. The minimum atomic E-state index is 0.0605. The van der Waals surface area contributed by atoms with Crippen LogP contribution < -0.4 is 10.2 Å². The molecule has 1 aromatic rings. The number of carbonyl (C=O) groups excluding carboxylic acids is 1. The van der Waals surface area contributed by atoms with E-state index in [1.807, 2.05) is 4.90 Å². The molecule has 1 fully saturated rings. The second-order valence-corrected chi connectivity index (χ2v) is 6.36. The van der Waals surface area contributed by atoms with E-state index in [-0.39, 0.29) is 11.4 Å². The molecule has 1 aromatic heterocycles. The van der Waals surface area contributed by atoms with Gasteiger partial charge in [-0.05, 0) is 20.8 Å². The summed E-state index contributed by atoms with van der Waals surface area (Å²) < 4.78 is 0. The van der Waals surface area contributed by atoms with E-state index in [9.17, 15) is 4.79 Å². The van der Waals surface area contributed by atoms with E-state index in [1.165, 1.54) is 0 Å². The molecule has 1 amide bonds. The summed E-state index contributed by atoms with van der Waals surface area (Å²) in [5, 5.41) is 3.35. The molecule has 0 saturated carbocycles. The van der Waals surface area contributed by atoms with E-state index in [0.717, 1.165) is 38.5 Å². The third-order valence-electron chi connectivity index (χ3n) is 3.50. The number of hydrogen-bond acceptors (Lipinski definition) is 5. The Morgan fingerprint density at radius 1 is 1.24 bits per heavy atom. The maximum Gasteiger partial charge on any atom is 0.223 e. The Kier molecular flexibility index (Phi) is 5.12. The SMILES string of the molecule is CC(C)(C)NCCC(=O)N1CCN(c2cnccn2)CC1. The first kappa shape index (κ1) is 15.7. The highest BCUT2D eigenvalue weighted by molar-refractivity contribution is 5.76. The quantitative estimate of drug-likeness (QED) is 0.893. The molecule has 0 spiro atoms. The van der Waals surface area contributed by atoms with E-state index in [2.05, 4.69) is 41.0 Å². The average molecular weight is 291 g/mol. The summed E-state index contributed by atoms with van der Waals surface area (Å²) in [6.45, 7) is 10.2. The molecule has 1 N–H and O–H groups in total. The van der Waals surface area contributed by atoms with Crippen LogP contribution in [0, 0.1) is 0 Å². The number of aromatic nitrogens is 2. The number of nitrogens with one attached hydrogen (secondary N) is 1. The first-order chi connectivity index (χ1) is 9.96. The molecule has 1 aliphatic heterocycles. The van der Waals surface area contributed by atoms with Gasteiger partial charge in [0.2, 0.25) is 5.91 Å². The topological polar surface area (TPSA) is 61.4 Å². The normalized spacial score (nSPS) is 16.1. The molecule has 116 valence electrons. The van der Waals surface area contributed by atoms with Crippen molar-refractivity contribution in [2.24, 2.45) is 0 Å². The van der Waals surface area contributed by atoms with Crippen LogP contribution in [0.5, 0.6) is 0 Å². The second kappa shape index (κ2) is 6.85. The molecule has 0 aliphatic carbocycles. The van der Waals surface area contributed by atoms with E-state index < -0.39 is 0 Å². The number of carbonyl (C=O) groups is 1. The van der Waals surface area contributed by atoms with Crippen LogP contribution in [-0.2, 0) is 4.79 Å². The molecular formula is C15H25N5O. The highest BCUT2D eigenvalue weighted by Gasteiger charge is 2.21. The zero-order valence-corrected chi connectivity index (χ0v) is 13.2. The second-order valence-electron chi connectivity index (χ2n) is 6.36. The van der Waals surface area contributed by atoms with Crippen molar-refractivity contribution in [1.29, 1.82) is 0 Å². The Balaban J connectivity index is 1.75. The Morgan fingerprint density at radius 3 is 2.52 bits per heavy atom. The molecule has 1 saturated heterocycles. The van der Waals surface area contributed by atoms with Crippen LogP contribution in [0.25, 0.3) is 0 Å². The zero-order valence-electron chi connectivity index (χ0n) is 13.2. The third kappa shape index (κ3) is 4.97. The predicted octanol–water partition coefficient (Wildman–Crippen LogP) is 0.903. The lowest BCUT2D eigenvalue weighted by atomic mass is 10.1. The van der Waals surface area contributed by atoms with Crippen LogP contribution in [0.4, 0.5) is 5.82 Å². The van der Waals surface area contributed by atoms with Crippen LogP contribution >= 0.6 is 0 Å². The van der Waals surface area contributed by atoms with Crippen molar-refractivity contribution in [3.8, 4) is 0 Å². The van der Waals surface area contributed by atoms with E-state index in [4.69, 9.17) is 0 Å². The standard InChI is InChI=1S/C15H25N5O/c1-15(2,3)18-5-4-14(21)20-10-8-19(9-11-20)13-12-16-6-7-17-13/h6-7,12,18H,4-5,8-11H2,1-3H3. The molecule has 1 aliphatic rings. The average Bonchev–Trinajstić information content (AvgIpc) is 2.47. The van der Waals surface area contributed by atoms with Crippen molar-refractivity contribution < 1.29 is 4.79 Å². The van der Waals surface area contributed by atoms with Gasteiger partial charge in [-0.25, -0.2) is 4.98 Å². The molecule has 6 nitrogen and oxygen atoms in total. The molecule has 0 aromatic carbocycles. The summed E-state index contributed by atoms with van der Waals surface area (Å²) in [5.74, 6) is 1.12. The summed E-state index contributed by atoms with van der Waals surface area (Å²) in [6, 6.07) is 0. The lowest BCUT2D eigenvalue weighted by molar-refractivity contribution is -0.131. The Labute approximate surface area is 126 Å². The van der Waals surface area contributed by atoms with E-state index in [0.29, 0.717) is 6.42 Å². The number of piperazine rings is 1. The summed E-state index contributed by atoms with van der Waals surface area (Å²) in [5.41, 5.74) is 0.0605. The van der Waals surface area contributed by atoms with Gasteiger partial charge in [0.1, 0.15) is 5.82 Å². The van der Waals surface area contributed by atoms with Crippen molar-refractivity contribution >= 4 is 11.7 Å². The lowest BCUT2D eigenvalue weighted by Crippen LogP contribution is -2.49. The molecule has 6 heteroatoms. The molecule has 0 atom stereocenters. The monoisotopic (exact) mass is 291 g/mol. The lowest BCUT2D eigenvalue weighted by Gasteiger charge is -2.35. The van der Waals surface area contributed by atoms with Crippen molar-refractivity contribution in [3.05, 3.63) is 18.6 Å². The Bertz CT molecular complexity index is 449. The molecular weight excluding hydrogens is 266 g/mol. The smallest absolute Gasteiger partial charge is 0.223 e. The number of nitrogens with zero attached hydrogens (tertiary/aromatic N) is 4. The number of anilines is 1. The van der Waals surface area contributed by atoms with E-state index in [1.54, 1.807) is 18.6 Å². The highest BCUT2D eigenvalue weighted by Crippen LogP contribution is 2.12. The molecule has 2 heterocycles. The summed E-state index contributed by atoms with van der Waals surface area (Å²) >= 11 is 0. The van der Waals surface area contributed by atoms with Crippen molar-refractivity contribution in [3.63, 3.8) is 0 Å². The van der Waals surface area contributed by atoms with Gasteiger partial charge in [0.15, 0.2) is 0 Å². The van der Waals surface area contributed by atoms with Gasteiger partial charge < -0.3 is 15.1 Å². The van der Waals surface area contributed by atoms with Gasteiger partial charge in [0.25, 0.3) is 0 Å². The largest absolute Gasteiger partial charge is 0.352 e. The Morgan fingerprint density at radius 2 is 1.95 bits per heavy atom.